The van der Waals surface area contributed by atoms with Crippen molar-refractivity contribution in [3.05, 3.63) is 59.7 Å². The van der Waals surface area contributed by atoms with Crippen LogP contribution in [-0.4, -0.2) is 18.2 Å². The SMILES string of the molecule is CN1c2ccc(O)cc2C2CCC(Cc3ccccc3)C21. The molecule has 2 heteroatoms. The smallest absolute Gasteiger partial charge is 0.116 e. The molecule has 0 aromatic heterocycles. The van der Waals surface area contributed by atoms with Crippen LogP contribution in [0.1, 0.15) is 29.9 Å². The number of hydrogen-bond donors (Lipinski definition) is 1. The number of fused-ring (bicyclic) bond motifs is 3. The molecule has 0 amide bonds. The van der Waals surface area contributed by atoms with Crippen molar-refractivity contribution in [3.63, 3.8) is 0 Å². The van der Waals surface area contributed by atoms with E-state index in [0.717, 1.165) is 6.42 Å². The molecule has 108 valence electrons. The second-order valence-electron chi connectivity index (χ2n) is 6.48. The molecule has 1 aliphatic heterocycles. The Labute approximate surface area is 126 Å². The fraction of sp³-hybridized carbons (Fsp3) is 0.368. The normalized spacial score (nSPS) is 26.7. The number of benzene rings is 2. The quantitative estimate of drug-likeness (QED) is 0.900. The predicted molar refractivity (Wildman–Crippen MR) is 85.9 cm³/mol. The maximum atomic E-state index is 9.79. The summed E-state index contributed by atoms with van der Waals surface area (Å²) in [6.07, 6.45) is 3.68. The zero-order chi connectivity index (χ0) is 14.4. The van der Waals surface area contributed by atoms with Crippen LogP contribution in [-0.2, 0) is 6.42 Å². The molecule has 0 spiro atoms. The highest BCUT2D eigenvalue weighted by Crippen LogP contribution is 2.52. The first-order valence-corrected chi connectivity index (χ1v) is 7.83. The summed E-state index contributed by atoms with van der Waals surface area (Å²) in [4.78, 5) is 2.44. The van der Waals surface area contributed by atoms with Crippen LogP contribution in [0.5, 0.6) is 5.75 Å². The molecule has 2 nitrogen and oxygen atoms in total. The highest BCUT2D eigenvalue weighted by Gasteiger charge is 2.45. The zero-order valence-corrected chi connectivity index (χ0v) is 12.4. The van der Waals surface area contributed by atoms with Gasteiger partial charge in [-0.25, -0.2) is 0 Å². The second kappa shape index (κ2) is 4.80. The topological polar surface area (TPSA) is 23.5 Å². The van der Waals surface area contributed by atoms with Crippen molar-refractivity contribution in [1.82, 2.24) is 0 Å². The molecular formula is C19H21NO. The molecule has 3 unspecified atom stereocenters. The molecule has 0 saturated heterocycles. The highest BCUT2D eigenvalue weighted by atomic mass is 16.3. The van der Waals surface area contributed by atoms with E-state index in [2.05, 4.69) is 48.3 Å². The summed E-state index contributed by atoms with van der Waals surface area (Å²) in [5.41, 5.74) is 4.09. The van der Waals surface area contributed by atoms with E-state index in [1.165, 1.54) is 29.7 Å². The third-order valence-electron chi connectivity index (χ3n) is 5.32. The first kappa shape index (κ1) is 12.8. The number of phenols is 1. The summed E-state index contributed by atoms with van der Waals surface area (Å²) in [6.45, 7) is 0. The number of phenolic OH excluding ortho intramolecular Hbond substituents is 1. The van der Waals surface area contributed by atoms with Crippen LogP contribution < -0.4 is 4.90 Å². The Morgan fingerprint density at radius 2 is 1.90 bits per heavy atom. The number of aromatic hydroxyl groups is 1. The van der Waals surface area contributed by atoms with E-state index < -0.39 is 0 Å². The van der Waals surface area contributed by atoms with Gasteiger partial charge in [0.05, 0.1) is 0 Å². The summed E-state index contributed by atoms with van der Waals surface area (Å²) >= 11 is 0. The Hall–Kier alpha value is -1.96. The summed E-state index contributed by atoms with van der Waals surface area (Å²) in [6, 6.07) is 17.3. The minimum Gasteiger partial charge on any atom is -0.508 e. The van der Waals surface area contributed by atoms with Crippen molar-refractivity contribution in [2.75, 3.05) is 11.9 Å². The lowest BCUT2D eigenvalue weighted by Gasteiger charge is -2.28. The van der Waals surface area contributed by atoms with Crippen LogP contribution in [0.25, 0.3) is 0 Å². The lowest BCUT2D eigenvalue weighted by Crippen LogP contribution is -2.34. The molecular weight excluding hydrogens is 258 g/mol. The molecule has 1 aliphatic carbocycles. The summed E-state index contributed by atoms with van der Waals surface area (Å²) in [5.74, 6) is 1.69. The minimum absolute atomic E-state index is 0.398. The van der Waals surface area contributed by atoms with Crippen molar-refractivity contribution in [2.24, 2.45) is 5.92 Å². The van der Waals surface area contributed by atoms with E-state index in [0.29, 0.717) is 23.6 Å². The maximum Gasteiger partial charge on any atom is 0.116 e. The fourth-order valence-corrected chi connectivity index (χ4v) is 4.45. The Bertz CT molecular complexity index is 652. The third-order valence-corrected chi connectivity index (χ3v) is 5.32. The molecule has 2 aromatic carbocycles. The maximum absolute atomic E-state index is 9.79. The first-order chi connectivity index (χ1) is 10.2. The van der Waals surface area contributed by atoms with Crippen LogP contribution in [0.4, 0.5) is 5.69 Å². The van der Waals surface area contributed by atoms with E-state index in [1.54, 1.807) is 0 Å². The van der Waals surface area contributed by atoms with E-state index >= 15 is 0 Å². The summed E-state index contributed by atoms with van der Waals surface area (Å²) in [7, 11) is 2.21. The van der Waals surface area contributed by atoms with Gasteiger partial charge in [0.15, 0.2) is 0 Å². The highest BCUT2D eigenvalue weighted by molar-refractivity contribution is 5.64. The van der Waals surface area contributed by atoms with Crippen LogP contribution in [0.2, 0.25) is 0 Å². The molecule has 1 heterocycles. The van der Waals surface area contributed by atoms with Crippen LogP contribution in [0.3, 0.4) is 0 Å². The van der Waals surface area contributed by atoms with E-state index in [9.17, 15) is 5.11 Å². The predicted octanol–water partition coefficient (Wildman–Crippen LogP) is 3.95. The molecule has 1 fully saturated rings. The monoisotopic (exact) mass is 279 g/mol. The lowest BCUT2D eigenvalue weighted by molar-refractivity contribution is 0.457. The molecule has 1 saturated carbocycles. The second-order valence-corrected chi connectivity index (χ2v) is 6.48. The van der Waals surface area contributed by atoms with Gasteiger partial charge in [-0.05, 0) is 54.5 Å². The van der Waals surface area contributed by atoms with Crippen molar-refractivity contribution in [3.8, 4) is 5.75 Å². The number of hydrogen-bond acceptors (Lipinski definition) is 2. The van der Waals surface area contributed by atoms with Gasteiger partial charge in [0, 0.05) is 24.7 Å². The van der Waals surface area contributed by atoms with Crippen LogP contribution >= 0.6 is 0 Å². The van der Waals surface area contributed by atoms with Crippen molar-refractivity contribution < 1.29 is 5.11 Å². The Morgan fingerprint density at radius 3 is 2.71 bits per heavy atom. The van der Waals surface area contributed by atoms with Crippen LogP contribution in [0, 0.1) is 5.92 Å². The largest absolute Gasteiger partial charge is 0.508 e. The van der Waals surface area contributed by atoms with Crippen molar-refractivity contribution >= 4 is 5.69 Å². The molecule has 2 aliphatic rings. The summed E-state index contributed by atoms with van der Waals surface area (Å²) in [5, 5.41) is 9.79. The zero-order valence-electron chi connectivity index (χ0n) is 12.4. The fourth-order valence-electron chi connectivity index (χ4n) is 4.45. The molecule has 2 aromatic rings. The molecule has 4 rings (SSSR count). The number of anilines is 1. The standard InChI is InChI=1S/C19H21NO/c1-20-18-10-8-15(21)12-17(18)16-9-7-14(19(16)20)11-13-5-3-2-4-6-13/h2-6,8,10,12,14,16,19,21H,7,9,11H2,1H3. The number of nitrogens with zero attached hydrogens (tertiary/aromatic N) is 1. The summed E-state index contributed by atoms with van der Waals surface area (Å²) < 4.78 is 0. The third kappa shape index (κ3) is 2.01. The van der Waals surface area contributed by atoms with Gasteiger partial charge in [0.2, 0.25) is 0 Å². The minimum atomic E-state index is 0.398. The average molecular weight is 279 g/mol. The Balaban J connectivity index is 1.63. The Kier molecular flexibility index (Phi) is 2.91. The molecule has 1 N–H and O–H groups in total. The Morgan fingerprint density at radius 1 is 1.10 bits per heavy atom. The average Bonchev–Trinajstić information content (AvgIpc) is 3.01. The lowest BCUT2D eigenvalue weighted by atomic mass is 9.91. The van der Waals surface area contributed by atoms with Gasteiger partial charge in [-0.2, -0.15) is 0 Å². The van der Waals surface area contributed by atoms with Crippen molar-refractivity contribution in [1.29, 1.82) is 0 Å². The molecule has 3 atom stereocenters. The van der Waals surface area contributed by atoms with Gasteiger partial charge in [0.25, 0.3) is 0 Å². The van der Waals surface area contributed by atoms with E-state index in [-0.39, 0.29) is 0 Å². The van der Waals surface area contributed by atoms with Gasteiger partial charge < -0.3 is 10.0 Å². The first-order valence-electron chi connectivity index (χ1n) is 7.83. The molecule has 0 radical (unpaired) electrons. The van der Waals surface area contributed by atoms with E-state index in [1.807, 2.05) is 12.1 Å². The van der Waals surface area contributed by atoms with Gasteiger partial charge in [-0.3, -0.25) is 0 Å². The van der Waals surface area contributed by atoms with Crippen molar-refractivity contribution in [2.45, 2.75) is 31.2 Å². The van der Waals surface area contributed by atoms with Crippen LogP contribution in [0.15, 0.2) is 48.5 Å². The molecule has 0 bridgehead atoms. The van der Waals surface area contributed by atoms with Gasteiger partial charge in [-0.1, -0.05) is 30.3 Å². The van der Waals surface area contributed by atoms with Gasteiger partial charge in [0.1, 0.15) is 5.75 Å². The number of likely N-dealkylation sites (N-methyl/N-ethyl adjacent to an activating group) is 1. The van der Waals surface area contributed by atoms with E-state index in [4.69, 9.17) is 0 Å². The van der Waals surface area contributed by atoms with Gasteiger partial charge >= 0.3 is 0 Å². The molecule has 21 heavy (non-hydrogen) atoms. The van der Waals surface area contributed by atoms with Gasteiger partial charge in [-0.15, -0.1) is 0 Å². The number of rotatable bonds is 2.